The molecule has 3 nitrogen and oxygen atoms in total. The van der Waals surface area contributed by atoms with Crippen LogP contribution in [0.5, 0.6) is 0 Å². The summed E-state index contributed by atoms with van der Waals surface area (Å²) in [7, 11) is 0. The second kappa shape index (κ2) is 8.40. The summed E-state index contributed by atoms with van der Waals surface area (Å²) < 4.78 is 0. The second-order valence-corrected chi connectivity index (χ2v) is 8.89. The van der Waals surface area contributed by atoms with Crippen LogP contribution in [0.15, 0.2) is 128 Å². The zero-order valence-corrected chi connectivity index (χ0v) is 19.5. The molecule has 3 heteroatoms. The number of hydrogen-bond acceptors (Lipinski definition) is 3. The number of pyridine rings is 1. The van der Waals surface area contributed by atoms with Crippen molar-refractivity contribution in [2.24, 2.45) is 0 Å². The first-order valence-corrected chi connectivity index (χ1v) is 12.0. The Morgan fingerprint density at radius 1 is 0.417 bits per heavy atom. The Labute approximate surface area is 208 Å². The molecule has 7 rings (SSSR count). The van der Waals surface area contributed by atoms with Gasteiger partial charge in [0.25, 0.3) is 0 Å². The van der Waals surface area contributed by atoms with E-state index in [0.717, 1.165) is 50.0 Å². The standard InChI is InChI=1S/C33H21N3/c1-2-8-23(9-3-1)32-33(36-30-14-5-4-13-29(30)35-32)25-17-15-22(16-18-25)26-11-6-12-28-27(26)20-19-24-10-7-21-34-31(24)28/h1-21H. The highest BCUT2D eigenvalue weighted by Gasteiger charge is 2.14. The molecule has 0 N–H and O–H groups in total. The first kappa shape index (κ1) is 20.5. The van der Waals surface area contributed by atoms with Crippen LogP contribution in [-0.2, 0) is 0 Å². The van der Waals surface area contributed by atoms with E-state index in [9.17, 15) is 0 Å². The van der Waals surface area contributed by atoms with Crippen LogP contribution in [-0.4, -0.2) is 15.0 Å². The van der Waals surface area contributed by atoms with Gasteiger partial charge >= 0.3 is 0 Å². The molecule has 2 aromatic heterocycles. The molecule has 2 heterocycles. The van der Waals surface area contributed by atoms with Gasteiger partial charge in [0, 0.05) is 28.1 Å². The Morgan fingerprint density at radius 3 is 1.83 bits per heavy atom. The molecule has 0 radical (unpaired) electrons. The molecule has 0 amide bonds. The van der Waals surface area contributed by atoms with E-state index < -0.39 is 0 Å². The van der Waals surface area contributed by atoms with E-state index >= 15 is 0 Å². The molecule has 0 saturated heterocycles. The van der Waals surface area contributed by atoms with E-state index in [1.54, 1.807) is 0 Å². The van der Waals surface area contributed by atoms with Crippen LogP contribution in [0.3, 0.4) is 0 Å². The maximum absolute atomic E-state index is 5.04. The first-order chi connectivity index (χ1) is 17.8. The highest BCUT2D eigenvalue weighted by atomic mass is 14.8. The maximum atomic E-state index is 5.04. The van der Waals surface area contributed by atoms with Crippen LogP contribution in [0.25, 0.3) is 66.4 Å². The van der Waals surface area contributed by atoms with E-state index in [1.165, 1.54) is 16.3 Å². The van der Waals surface area contributed by atoms with Crippen LogP contribution in [0, 0.1) is 0 Å². The lowest BCUT2D eigenvalue weighted by molar-refractivity contribution is 1.29. The topological polar surface area (TPSA) is 38.7 Å². The summed E-state index contributed by atoms with van der Waals surface area (Å²) in [6.07, 6.45) is 1.86. The van der Waals surface area contributed by atoms with Crippen molar-refractivity contribution >= 4 is 32.7 Å². The van der Waals surface area contributed by atoms with E-state index in [0.29, 0.717) is 0 Å². The van der Waals surface area contributed by atoms with Crippen LogP contribution in [0.1, 0.15) is 0 Å². The third kappa shape index (κ3) is 3.41. The zero-order chi connectivity index (χ0) is 23.9. The average Bonchev–Trinajstić information content (AvgIpc) is 2.96. The Hall–Kier alpha value is -4.89. The molecular formula is C33H21N3. The highest BCUT2D eigenvalue weighted by Crippen LogP contribution is 2.35. The third-order valence-electron chi connectivity index (χ3n) is 6.72. The minimum absolute atomic E-state index is 0.888. The molecule has 0 aliphatic rings. The summed E-state index contributed by atoms with van der Waals surface area (Å²) >= 11 is 0. The molecule has 5 aromatic carbocycles. The van der Waals surface area contributed by atoms with Gasteiger partial charge in [-0.1, -0.05) is 103 Å². The summed E-state index contributed by atoms with van der Waals surface area (Å²) in [6.45, 7) is 0. The van der Waals surface area contributed by atoms with Crippen LogP contribution in [0.4, 0.5) is 0 Å². The van der Waals surface area contributed by atoms with Crippen molar-refractivity contribution in [3.63, 3.8) is 0 Å². The normalized spacial score (nSPS) is 11.3. The largest absolute Gasteiger partial charge is 0.256 e. The lowest BCUT2D eigenvalue weighted by Gasteiger charge is -2.12. The van der Waals surface area contributed by atoms with Crippen molar-refractivity contribution in [3.05, 3.63) is 128 Å². The van der Waals surface area contributed by atoms with Crippen molar-refractivity contribution in [2.75, 3.05) is 0 Å². The fourth-order valence-electron chi connectivity index (χ4n) is 4.96. The van der Waals surface area contributed by atoms with Gasteiger partial charge in [-0.15, -0.1) is 0 Å². The monoisotopic (exact) mass is 459 g/mol. The van der Waals surface area contributed by atoms with Gasteiger partial charge in [0.15, 0.2) is 0 Å². The van der Waals surface area contributed by atoms with Crippen molar-refractivity contribution < 1.29 is 0 Å². The van der Waals surface area contributed by atoms with E-state index in [-0.39, 0.29) is 0 Å². The van der Waals surface area contributed by atoms with Crippen LogP contribution < -0.4 is 0 Å². The fraction of sp³-hybridized carbons (Fsp3) is 0. The molecular weight excluding hydrogens is 438 g/mol. The summed E-state index contributed by atoms with van der Waals surface area (Å²) in [5.74, 6) is 0. The number of rotatable bonds is 3. The van der Waals surface area contributed by atoms with Crippen molar-refractivity contribution in [3.8, 4) is 33.6 Å². The molecule has 0 fully saturated rings. The molecule has 168 valence electrons. The Balaban J connectivity index is 1.38. The molecule has 0 aliphatic carbocycles. The Kier molecular flexibility index (Phi) is 4.78. The molecule has 7 aromatic rings. The molecule has 36 heavy (non-hydrogen) atoms. The van der Waals surface area contributed by atoms with Gasteiger partial charge in [0.1, 0.15) is 0 Å². The highest BCUT2D eigenvalue weighted by molar-refractivity contribution is 6.10. The van der Waals surface area contributed by atoms with Gasteiger partial charge in [0.2, 0.25) is 0 Å². The molecule has 0 spiro atoms. The van der Waals surface area contributed by atoms with Gasteiger partial charge in [-0.25, -0.2) is 9.97 Å². The number of aromatic nitrogens is 3. The summed E-state index contributed by atoms with van der Waals surface area (Å²) in [5, 5.41) is 3.52. The molecule has 0 atom stereocenters. The van der Waals surface area contributed by atoms with Gasteiger partial charge in [-0.05, 0) is 34.7 Å². The predicted octanol–water partition coefficient (Wildman–Crippen LogP) is 8.33. The summed E-state index contributed by atoms with van der Waals surface area (Å²) in [5.41, 5.74) is 9.07. The number of hydrogen-bond donors (Lipinski definition) is 0. The van der Waals surface area contributed by atoms with E-state index in [4.69, 9.17) is 9.97 Å². The number of benzene rings is 5. The lowest BCUT2D eigenvalue weighted by Crippen LogP contribution is -1.95. The quantitative estimate of drug-likeness (QED) is 0.249. The first-order valence-electron chi connectivity index (χ1n) is 12.0. The average molecular weight is 460 g/mol. The van der Waals surface area contributed by atoms with Gasteiger partial charge in [0.05, 0.1) is 27.9 Å². The van der Waals surface area contributed by atoms with Crippen LogP contribution in [0.2, 0.25) is 0 Å². The minimum Gasteiger partial charge on any atom is -0.256 e. The smallest absolute Gasteiger partial charge is 0.0973 e. The lowest BCUT2D eigenvalue weighted by atomic mass is 9.95. The number of para-hydroxylation sites is 2. The predicted molar refractivity (Wildman–Crippen MR) is 149 cm³/mol. The molecule has 0 unspecified atom stereocenters. The van der Waals surface area contributed by atoms with Crippen molar-refractivity contribution in [1.29, 1.82) is 0 Å². The maximum Gasteiger partial charge on any atom is 0.0973 e. The van der Waals surface area contributed by atoms with Crippen LogP contribution >= 0.6 is 0 Å². The van der Waals surface area contributed by atoms with Gasteiger partial charge in [-0.3, -0.25) is 4.98 Å². The SMILES string of the molecule is c1ccc(-c2nc3ccccc3nc2-c2ccc(-c3cccc4c3ccc3cccnc34)cc2)cc1. The van der Waals surface area contributed by atoms with E-state index in [2.05, 4.69) is 77.8 Å². The van der Waals surface area contributed by atoms with Crippen molar-refractivity contribution in [2.45, 2.75) is 0 Å². The third-order valence-corrected chi connectivity index (χ3v) is 6.72. The van der Waals surface area contributed by atoms with Gasteiger partial charge in [-0.2, -0.15) is 0 Å². The fourth-order valence-corrected chi connectivity index (χ4v) is 4.96. The molecule has 0 aliphatic heterocycles. The number of nitrogens with zero attached hydrogens (tertiary/aromatic N) is 3. The number of fused-ring (bicyclic) bond motifs is 4. The van der Waals surface area contributed by atoms with E-state index in [1.807, 2.05) is 54.7 Å². The Morgan fingerprint density at radius 2 is 1.08 bits per heavy atom. The second-order valence-electron chi connectivity index (χ2n) is 8.89. The summed E-state index contributed by atoms with van der Waals surface area (Å²) in [6, 6.07) is 41.9. The molecule has 0 bridgehead atoms. The minimum atomic E-state index is 0.888. The zero-order valence-electron chi connectivity index (χ0n) is 19.5. The Bertz CT molecular complexity index is 1870. The van der Waals surface area contributed by atoms with Crippen molar-refractivity contribution in [1.82, 2.24) is 15.0 Å². The summed E-state index contributed by atoms with van der Waals surface area (Å²) in [4.78, 5) is 14.7. The molecule has 0 saturated carbocycles. The van der Waals surface area contributed by atoms with Gasteiger partial charge < -0.3 is 0 Å².